The zero-order valence-corrected chi connectivity index (χ0v) is 7.20. The third-order valence-corrected chi connectivity index (χ3v) is 2.43. The molecule has 1 saturated carbocycles. The maximum absolute atomic E-state index is 5.57. The van der Waals surface area contributed by atoms with Crippen LogP contribution in [0.5, 0.6) is 0 Å². The highest BCUT2D eigenvalue weighted by atomic mass is 14.9. The summed E-state index contributed by atoms with van der Waals surface area (Å²) in [7, 11) is 0. The summed E-state index contributed by atoms with van der Waals surface area (Å²) in [6.07, 6.45) is 4.37. The van der Waals surface area contributed by atoms with Crippen LogP contribution in [0.4, 0.5) is 5.82 Å². The number of rotatable bonds is 2. The summed E-state index contributed by atoms with van der Waals surface area (Å²) in [6, 6.07) is 1.73. The largest absolute Gasteiger partial charge is 0.384 e. The summed E-state index contributed by atoms with van der Waals surface area (Å²) in [5.41, 5.74) is 5.57. The van der Waals surface area contributed by atoms with Crippen LogP contribution in [0.2, 0.25) is 0 Å². The van der Waals surface area contributed by atoms with Crippen LogP contribution in [0, 0.1) is 5.92 Å². The highest BCUT2D eigenvalue weighted by Gasteiger charge is 2.30. The van der Waals surface area contributed by atoms with Crippen molar-refractivity contribution in [2.24, 2.45) is 5.92 Å². The number of anilines is 1. The predicted octanol–water partition coefficient (Wildman–Crippen LogP) is 1.57. The standard InChI is InChI=1S/C9H13N3/c1-6(7-2-3-7)9-11-5-4-8(10)12-9/h4-7H,2-3H2,1H3,(H2,10,11,12). The summed E-state index contributed by atoms with van der Waals surface area (Å²) in [4.78, 5) is 8.41. The fourth-order valence-electron chi connectivity index (χ4n) is 1.41. The molecule has 0 aliphatic heterocycles. The molecule has 0 bridgehead atoms. The number of aromatic nitrogens is 2. The van der Waals surface area contributed by atoms with E-state index < -0.39 is 0 Å². The van der Waals surface area contributed by atoms with Crippen molar-refractivity contribution in [3.63, 3.8) is 0 Å². The summed E-state index contributed by atoms with van der Waals surface area (Å²) >= 11 is 0. The molecule has 1 fully saturated rings. The van der Waals surface area contributed by atoms with Gasteiger partial charge in [0.05, 0.1) is 0 Å². The van der Waals surface area contributed by atoms with Crippen molar-refractivity contribution in [1.82, 2.24) is 9.97 Å². The van der Waals surface area contributed by atoms with Crippen molar-refractivity contribution in [2.75, 3.05) is 5.73 Å². The summed E-state index contributed by atoms with van der Waals surface area (Å²) in [5, 5.41) is 0. The number of nitrogen functional groups attached to an aromatic ring is 1. The number of hydrogen-bond donors (Lipinski definition) is 1. The topological polar surface area (TPSA) is 51.8 Å². The Kier molecular flexibility index (Phi) is 1.71. The molecule has 3 nitrogen and oxygen atoms in total. The molecule has 1 aromatic heterocycles. The van der Waals surface area contributed by atoms with Crippen molar-refractivity contribution in [3.05, 3.63) is 18.1 Å². The van der Waals surface area contributed by atoms with E-state index in [0.717, 1.165) is 11.7 Å². The molecular weight excluding hydrogens is 150 g/mol. The van der Waals surface area contributed by atoms with Crippen LogP contribution >= 0.6 is 0 Å². The molecule has 1 aromatic rings. The maximum Gasteiger partial charge on any atom is 0.133 e. The van der Waals surface area contributed by atoms with Gasteiger partial charge >= 0.3 is 0 Å². The van der Waals surface area contributed by atoms with Gasteiger partial charge in [-0.25, -0.2) is 9.97 Å². The molecule has 1 aliphatic rings. The van der Waals surface area contributed by atoms with Crippen LogP contribution in [0.1, 0.15) is 31.5 Å². The average Bonchev–Trinajstić information content (AvgIpc) is 2.85. The maximum atomic E-state index is 5.57. The van der Waals surface area contributed by atoms with Gasteiger partial charge in [-0.15, -0.1) is 0 Å². The van der Waals surface area contributed by atoms with Gasteiger partial charge < -0.3 is 5.73 Å². The van der Waals surface area contributed by atoms with Gasteiger partial charge in [-0.1, -0.05) is 6.92 Å². The van der Waals surface area contributed by atoms with Gasteiger partial charge in [0.2, 0.25) is 0 Å². The van der Waals surface area contributed by atoms with Crippen LogP contribution in [-0.4, -0.2) is 9.97 Å². The third-order valence-electron chi connectivity index (χ3n) is 2.43. The first-order valence-corrected chi connectivity index (χ1v) is 4.36. The Morgan fingerprint density at radius 2 is 2.33 bits per heavy atom. The Labute approximate surface area is 72.0 Å². The first-order valence-electron chi connectivity index (χ1n) is 4.36. The molecule has 2 rings (SSSR count). The SMILES string of the molecule is CC(c1nccc(N)n1)C1CC1. The summed E-state index contributed by atoms with van der Waals surface area (Å²) in [5.74, 6) is 2.75. The molecule has 1 heterocycles. The smallest absolute Gasteiger partial charge is 0.133 e. The minimum atomic E-state index is 0.480. The van der Waals surface area contributed by atoms with E-state index in [1.165, 1.54) is 12.8 Å². The molecule has 2 N–H and O–H groups in total. The summed E-state index contributed by atoms with van der Waals surface area (Å²) in [6.45, 7) is 2.17. The molecule has 0 spiro atoms. The minimum Gasteiger partial charge on any atom is -0.384 e. The molecule has 1 unspecified atom stereocenters. The zero-order valence-electron chi connectivity index (χ0n) is 7.20. The van der Waals surface area contributed by atoms with E-state index in [4.69, 9.17) is 5.73 Å². The monoisotopic (exact) mass is 163 g/mol. The number of nitrogens with zero attached hydrogens (tertiary/aromatic N) is 2. The first kappa shape index (κ1) is 7.53. The Balaban J connectivity index is 2.20. The van der Waals surface area contributed by atoms with Gasteiger partial charge in [0, 0.05) is 12.1 Å². The first-order chi connectivity index (χ1) is 5.77. The second-order valence-electron chi connectivity index (χ2n) is 3.47. The lowest BCUT2D eigenvalue weighted by Crippen LogP contribution is -2.04. The number of hydrogen-bond acceptors (Lipinski definition) is 3. The molecule has 0 amide bonds. The lowest BCUT2D eigenvalue weighted by molar-refractivity contribution is 0.621. The Morgan fingerprint density at radius 1 is 1.58 bits per heavy atom. The normalized spacial score (nSPS) is 19.1. The van der Waals surface area contributed by atoms with Gasteiger partial charge in [0.25, 0.3) is 0 Å². The van der Waals surface area contributed by atoms with Crippen LogP contribution in [0.25, 0.3) is 0 Å². The lowest BCUT2D eigenvalue weighted by atomic mass is 10.1. The van der Waals surface area contributed by atoms with Crippen molar-refractivity contribution >= 4 is 5.82 Å². The van der Waals surface area contributed by atoms with Crippen LogP contribution in [0.3, 0.4) is 0 Å². The van der Waals surface area contributed by atoms with Crippen LogP contribution in [0.15, 0.2) is 12.3 Å². The molecule has 1 atom stereocenters. The fourth-order valence-corrected chi connectivity index (χ4v) is 1.41. The van der Waals surface area contributed by atoms with E-state index in [1.807, 2.05) is 0 Å². The van der Waals surface area contributed by atoms with E-state index in [0.29, 0.717) is 11.7 Å². The van der Waals surface area contributed by atoms with Gasteiger partial charge in [0.1, 0.15) is 11.6 Å². The molecule has 64 valence electrons. The van der Waals surface area contributed by atoms with Crippen molar-refractivity contribution < 1.29 is 0 Å². The molecule has 0 radical (unpaired) electrons. The molecule has 1 aliphatic carbocycles. The molecule has 12 heavy (non-hydrogen) atoms. The molecule has 0 aromatic carbocycles. The predicted molar refractivity (Wildman–Crippen MR) is 47.6 cm³/mol. The van der Waals surface area contributed by atoms with E-state index >= 15 is 0 Å². The Morgan fingerprint density at radius 3 is 2.92 bits per heavy atom. The fraction of sp³-hybridized carbons (Fsp3) is 0.556. The molecule has 0 saturated heterocycles. The molecular formula is C9H13N3. The van der Waals surface area contributed by atoms with E-state index in [1.54, 1.807) is 12.3 Å². The lowest BCUT2D eigenvalue weighted by Gasteiger charge is -2.07. The average molecular weight is 163 g/mol. The van der Waals surface area contributed by atoms with Gasteiger partial charge in [-0.2, -0.15) is 0 Å². The van der Waals surface area contributed by atoms with Crippen LogP contribution < -0.4 is 5.73 Å². The van der Waals surface area contributed by atoms with Gasteiger partial charge in [0.15, 0.2) is 0 Å². The minimum absolute atomic E-state index is 0.480. The van der Waals surface area contributed by atoms with Crippen molar-refractivity contribution in [1.29, 1.82) is 0 Å². The quantitative estimate of drug-likeness (QED) is 0.720. The second kappa shape index (κ2) is 2.73. The number of nitrogens with two attached hydrogens (primary N) is 1. The van der Waals surface area contributed by atoms with E-state index in [-0.39, 0.29) is 0 Å². The Bertz CT molecular complexity index is 281. The van der Waals surface area contributed by atoms with Crippen LogP contribution in [-0.2, 0) is 0 Å². The second-order valence-corrected chi connectivity index (χ2v) is 3.47. The third kappa shape index (κ3) is 1.40. The highest BCUT2D eigenvalue weighted by Crippen LogP contribution is 2.40. The van der Waals surface area contributed by atoms with Gasteiger partial charge in [-0.05, 0) is 24.8 Å². The van der Waals surface area contributed by atoms with Gasteiger partial charge in [-0.3, -0.25) is 0 Å². The summed E-state index contributed by atoms with van der Waals surface area (Å²) < 4.78 is 0. The Hall–Kier alpha value is -1.12. The van der Waals surface area contributed by atoms with E-state index in [2.05, 4.69) is 16.9 Å². The zero-order chi connectivity index (χ0) is 8.55. The highest BCUT2D eigenvalue weighted by molar-refractivity contribution is 5.26. The van der Waals surface area contributed by atoms with Crippen molar-refractivity contribution in [2.45, 2.75) is 25.7 Å². The molecule has 3 heteroatoms. The van der Waals surface area contributed by atoms with Crippen molar-refractivity contribution in [3.8, 4) is 0 Å². The van der Waals surface area contributed by atoms with E-state index in [9.17, 15) is 0 Å².